The van der Waals surface area contributed by atoms with Crippen molar-refractivity contribution in [1.82, 2.24) is 14.9 Å². The number of anilines is 4. The van der Waals surface area contributed by atoms with Crippen molar-refractivity contribution in [3.05, 3.63) is 66.7 Å². The Bertz CT molecular complexity index is 1750. The van der Waals surface area contributed by atoms with Gasteiger partial charge >= 0.3 is 0 Å². The van der Waals surface area contributed by atoms with Gasteiger partial charge in [0.05, 0.1) is 30.1 Å². The van der Waals surface area contributed by atoms with Gasteiger partial charge in [-0.05, 0) is 43.2 Å². The van der Waals surface area contributed by atoms with Gasteiger partial charge in [-0.1, -0.05) is 18.2 Å². The van der Waals surface area contributed by atoms with Crippen LogP contribution in [0.5, 0.6) is 11.5 Å². The molecule has 0 aliphatic carbocycles. The normalized spacial score (nSPS) is 13.8. The summed E-state index contributed by atoms with van der Waals surface area (Å²) in [6.07, 6.45) is 1.08. The molecule has 43 heavy (non-hydrogen) atoms. The number of nitrogens with zero attached hydrogens (tertiary/aromatic N) is 3. The zero-order chi connectivity index (χ0) is 30.6. The second kappa shape index (κ2) is 12.5. The first-order valence-corrected chi connectivity index (χ1v) is 15.1. The Balaban J connectivity index is 1.40. The number of aromatic nitrogens is 2. The van der Waals surface area contributed by atoms with Crippen molar-refractivity contribution in [3.63, 3.8) is 0 Å². The number of ether oxygens (including phenoxy) is 2. The molecule has 13 heteroatoms. The molecule has 2 heterocycles. The number of piperidine rings is 1. The summed E-state index contributed by atoms with van der Waals surface area (Å²) in [6, 6.07) is 18.2. The number of hydrogen-bond donors (Lipinski definition) is 3. The number of hydrogen-bond acceptors (Lipinski definition) is 9. The fourth-order valence-electron chi connectivity index (χ4n) is 4.80. The van der Waals surface area contributed by atoms with Gasteiger partial charge in [0.1, 0.15) is 11.5 Å². The van der Waals surface area contributed by atoms with Crippen molar-refractivity contribution in [2.75, 3.05) is 42.7 Å². The van der Waals surface area contributed by atoms with Crippen molar-refractivity contribution in [2.45, 2.75) is 24.7 Å². The van der Waals surface area contributed by atoms with Gasteiger partial charge in [-0.25, -0.2) is 18.4 Å². The predicted molar refractivity (Wildman–Crippen MR) is 163 cm³/mol. The summed E-state index contributed by atoms with van der Waals surface area (Å²) in [5.41, 5.74) is 1.93. The molecule has 1 aliphatic rings. The Kier molecular flexibility index (Phi) is 8.62. The molecule has 4 aromatic rings. The summed E-state index contributed by atoms with van der Waals surface area (Å²) in [7, 11) is -1.10. The molecule has 1 fully saturated rings. The molecule has 3 aromatic carbocycles. The van der Waals surface area contributed by atoms with Crippen molar-refractivity contribution in [1.29, 1.82) is 0 Å². The van der Waals surface area contributed by atoms with E-state index in [4.69, 9.17) is 9.47 Å². The predicted octanol–water partition coefficient (Wildman–Crippen LogP) is 4.39. The smallest absolute Gasteiger partial charge is 0.263 e. The number of fused-ring (bicyclic) bond motifs is 1. The molecule has 0 radical (unpaired) electrons. The average Bonchev–Trinajstić information content (AvgIpc) is 3.01. The number of sulfonamides is 1. The second-order valence-electron chi connectivity index (χ2n) is 10.0. The van der Waals surface area contributed by atoms with E-state index in [0.717, 1.165) is 0 Å². The van der Waals surface area contributed by atoms with E-state index in [9.17, 15) is 18.0 Å². The number of methoxy groups -OCH3 is 2. The van der Waals surface area contributed by atoms with Crippen LogP contribution < -0.4 is 24.8 Å². The van der Waals surface area contributed by atoms with Gasteiger partial charge in [0, 0.05) is 55.5 Å². The molecule has 0 spiro atoms. The molecule has 0 bridgehead atoms. The molecule has 5 rings (SSSR count). The van der Waals surface area contributed by atoms with Crippen LogP contribution in [0.1, 0.15) is 19.8 Å². The Morgan fingerprint density at radius 1 is 0.837 bits per heavy atom. The third-order valence-corrected chi connectivity index (χ3v) is 8.48. The first kappa shape index (κ1) is 29.6. The Labute approximate surface area is 249 Å². The Morgan fingerprint density at radius 2 is 1.47 bits per heavy atom. The lowest BCUT2D eigenvalue weighted by molar-refractivity contribution is -0.132. The van der Waals surface area contributed by atoms with Gasteiger partial charge in [-0.3, -0.25) is 14.3 Å². The van der Waals surface area contributed by atoms with E-state index < -0.39 is 10.0 Å². The monoisotopic (exact) mass is 604 g/mol. The lowest BCUT2D eigenvalue weighted by Gasteiger charge is -2.30. The number of carbonyl (C=O) groups is 2. The van der Waals surface area contributed by atoms with Gasteiger partial charge < -0.3 is 25.0 Å². The van der Waals surface area contributed by atoms with Crippen LogP contribution in [0.2, 0.25) is 0 Å². The Hall–Kier alpha value is -4.91. The van der Waals surface area contributed by atoms with E-state index in [1.165, 1.54) is 33.3 Å². The lowest BCUT2D eigenvalue weighted by atomic mass is 9.96. The molecule has 0 saturated carbocycles. The summed E-state index contributed by atoms with van der Waals surface area (Å²) in [4.78, 5) is 35.3. The zero-order valence-electron chi connectivity index (χ0n) is 24.0. The van der Waals surface area contributed by atoms with Crippen LogP contribution in [0.25, 0.3) is 11.0 Å². The fourth-order valence-corrected chi connectivity index (χ4v) is 5.86. The molecular weight excluding hydrogens is 572 g/mol. The van der Waals surface area contributed by atoms with Crippen LogP contribution in [0, 0.1) is 5.92 Å². The Morgan fingerprint density at radius 3 is 2.07 bits per heavy atom. The highest BCUT2D eigenvalue weighted by atomic mass is 32.2. The second-order valence-corrected chi connectivity index (χ2v) is 11.7. The van der Waals surface area contributed by atoms with Crippen molar-refractivity contribution < 1.29 is 27.5 Å². The fraction of sp³-hybridized carbons (Fsp3) is 0.267. The van der Waals surface area contributed by atoms with Gasteiger partial charge in [0.25, 0.3) is 10.0 Å². The molecular formula is C30H32N6O6S. The van der Waals surface area contributed by atoms with E-state index in [1.54, 1.807) is 53.4 Å². The van der Waals surface area contributed by atoms with Gasteiger partial charge in [0.2, 0.25) is 11.8 Å². The van der Waals surface area contributed by atoms with E-state index in [1.807, 2.05) is 6.07 Å². The number of para-hydroxylation sites is 2. The maximum atomic E-state index is 13.6. The quantitative estimate of drug-likeness (QED) is 0.253. The van der Waals surface area contributed by atoms with E-state index >= 15 is 0 Å². The van der Waals surface area contributed by atoms with Crippen molar-refractivity contribution >= 4 is 55.9 Å². The molecule has 224 valence electrons. The summed E-state index contributed by atoms with van der Waals surface area (Å²) in [5.74, 6) is 0.701. The largest absolute Gasteiger partial charge is 0.497 e. The number of benzene rings is 3. The highest BCUT2D eigenvalue weighted by molar-refractivity contribution is 7.92. The molecule has 1 saturated heterocycles. The SMILES string of the molecule is COc1cc(Nc2nc3ccccc3nc2NS(=O)(=O)c2cccc(NC(=O)C3CCN(C(C)=O)CC3)c2)cc(OC)c1. The van der Waals surface area contributed by atoms with Gasteiger partial charge in [-0.15, -0.1) is 0 Å². The topological polar surface area (TPSA) is 152 Å². The van der Waals surface area contributed by atoms with Crippen LogP contribution in [0.4, 0.5) is 23.0 Å². The number of nitrogens with one attached hydrogen (secondary N) is 3. The minimum absolute atomic E-state index is 0.0121. The van der Waals surface area contributed by atoms with Crippen molar-refractivity contribution in [3.8, 4) is 11.5 Å². The minimum atomic E-state index is -4.16. The van der Waals surface area contributed by atoms with Gasteiger partial charge in [0.15, 0.2) is 11.6 Å². The third-order valence-electron chi connectivity index (χ3n) is 7.14. The maximum absolute atomic E-state index is 13.6. The summed E-state index contributed by atoms with van der Waals surface area (Å²) < 4.78 is 40.4. The molecule has 3 N–H and O–H groups in total. The average molecular weight is 605 g/mol. The van der Waals surface area contributed by atoms with Crippen LogP contribution in [-0.2, 0) is 19.6 Å². The standard InChI is InChI=1S/C30H32N6O6S/c1-19(37)36-13-11-20(12-14-36)30(38)32-21-7-6-8-25(17-21)43(39,40)35-29-28(33-26-9-4-5-10-27(26)34-29)31-22-15-23(41-2)18-24(16-22)42-3/h4-10,15-18,20H,11-14H2,1-3H3,(H,31,33)(H,32,38)(H,34,35). The summed E-state index contributed by atoms with van der Waals surface area (Å²) >= 11 is 0. The molecule has 0 atom stereocenters. The van der Waals surface area contributed by atoms with Gasteiger partial charge in [-0.2, -0.15) is 0 Å². The number of amides is 2. The maximum Gasteiger partial charge on any atom is 0.263 e. The molecule has 12 nitrogen and oxygen atoms in total. The molecule has 0 unspecified atom stereocenters. The first-order valence-electron chi connectivity index (χ1n) is 13.6. The summed E-state index contributed by atoms with van der Waals surface area (Å²) in [6.45, 7) is 2.54. The van der Waals surface area contributed by atoms with Crippen LogP contribution in [-0.4, -0.2) is 62.4 Å². The number of rotatable bonds is 9. The molecule has 1 aromatic heterocycles. The van der Waals surface area contributed by atoms with Crippen LogP contribution in [0.3, 0.4) is 0 Å². The first-order chi connectivity index (χ1) is 20.6. The van der Waals surface area contributed by atoms with E-state index in [-0.39, 0.29) is 34.3 Å². The van der Waals surface area contributed by atoms with Crippen LogP contribution in [0.15, 0.2) is 71.6 Å². The highest BCUT2D eigenvalue weighted by Gasteiger charge is 2.26. The minimum Gasteiger partial charge on any atom is -0.497 e. The highest BCUT2D eigenvalue weighted by Crippen LogP contribution is 2.32. The molecule has 1 aliphatic heterocycles. The zero-order valence-corrected chi connectivity index (χ0v) is 24.8. The molecule has 2 amide bonds. The third kappa shape index (κ3) is 6.95. The van der Waals surface area contributed by atoms with Crippen LogP contribution >= 0.6 is 0 Å². The lowest BCUT2D eigenvalue weighted by Crippen LogP contribution is -2.40. The van der Waals surface area contributed by atoms with Crippen molar-refractivity contribution in [2.24, 2.45) is 5.92 Å². The van der Waals surface area contributed by atoms with E-state index in [0.29, 0.717) is 59.8 Å². The number of likely N-dealkylation sites (tertiary alicyclic amines) is 1. The number of carbonyl (C=O) groups excluding carboxylic acids is 2. The summed E-state index contributed by atoms with van der Waals surface area (Å²) in [5, 5.41) is 5.95. The van der Waals surface area contributed by atoms with E-state index in [2.05, 4.69) is 25.3 Å².